The minimum Gasteiger partial charge on any atom is -0.480 e. The lowest BCUT2D eigenvalue weighted by molar-refractivity contribution is -0.155. The van der Waals surface area contributed by atoms with Crippen molar-refractivity contribution in [2.24, 2.45) is 5.92 Å². The van der Waals surface area contributed by atoms with Crippen LogP contribution < -0.4 is 0 Å². The molecular weight excluding hydrogens is 394 g/mol. The van der Waals surface area contributed by atoms with Crippen LogP contribution in [-0.2, 0) is 20.9 Å². The number of amides is 3. The van der Waals surface area contributed by atoms with E-state index in [2.05, 4.69) is 0 Å². The zero-order valence-corrected chi connectivity index (χ0v) is 16.5. The number of rotatable bonds is 4. The van der Waals surface area contributed by atoms with Gasteiger partial charge in [-0.25, -0.2) is 14.4 Å². The predicted molar refractivity (Wildman–Crippen MR) is 104 cm³/mol. The molecule has 3 amide bonds. The quantitative estimate of drug-likeness (QED) is 0.753. The fourth-order valence-electron chi connectivity index (χ4n) is 3.79. The van der Waals surface area contributed by atoms with Crippen molar-refractivity contribution in [1.82, 2.24) is 14.7 Å². The van der Waals surface area contributed by atoms with E-state index in [0.717, 1.165) is 10.5 Å². The molecule has 0 aliphatic carbocycles. The molecule has 30 heavy (non-hydrogen) atoms. The summed E-state index contributed by atoms with van der Waals surface area (Å²) in [7, 11) is 0. The first-order valence-electron chi connectivity index (χ1n) is 9.83. The molecule has 0 bridgehead atoms. The smallest absolute Gasteiger partial charge is 0.410 e. The SMILES string of the molecule is O=C(O)C1CN(C(=O)O)CCN1C(=O)C1CCN(C(=O)OCc2ccccc2)CC1. The summed E-state index contributed by atoms with van der Waals surface area (Å²) in [5.74, 6) is -1.93. The monoisotopic (exact) mass is 419 g/mol. The molecule has 0 spiro atoms. The summed E-state index contributed by atoms with van der Waals surface area (Å²) < 4.78 is 5.32. The van der Waals surface area contributed by atoms with Crippen LogP contribution in [0.15, 0.2) is 30.3 Å². The molecule has 1 atom stereocenters. The molecule has 1 aromatic rings. The number of piperazine rings is 1. The molecule has 0 saturated carbocycles. The zero-order valence-electron chi connectivity index (χ0n) is 16.5. The average molecular weight is 419 g/mol. The Bertz CT molecular complexity index is 793. The Morgan fingerprint density at radius 1 is 0.933 bits per heavy atom. The van der Waals surface area contributed by atoms with Crippen LogP contribution in [-0.4, -0.2) is 87.7 Å². The van der Waals surface area contributed by atoms with E-state index in [-0.39, 0.29) is 32.1 Å². The van der Waals surface area contributed by atoms with Crippen LogP contribution in [0, 0.1) is 5.92 Å². The maximum atomic E-state index is 12.9. The van der Waals surface area contributed by atoms with Gasteiger partial charge in [0.05, 0.1) is 6.54 Å². The molecular formula is C20H25N3O7. The molecule has 2 saturated heterocycles. The normalized spacial score (nSPS) is 20.0. The number of carboxylic acids is 1. The highest BCUT2D eigenvalue weighted by Crippen LogP contribution is 2.23. The van der Waals surface area contributed by atoms with Gasteiger partial charge in [-0.05, 0) is 18.4 Å². The molecule has 2 aliphatic rings. The number of carbonyl (C=O) groups excluding carboxylic acids is 2. The van der Waals surface area contributed by atoms with E-state index in [9.17, 15) is 24.3 Å². The van der Waals surface area contributed by atoms with E-state index in [1.54, 1.807) is 4.90 Å². The lowest BCUT2D eigenvalue weighted by Crippen LogP contribution is -2.60. The summed E-state index contributed by atoms with van der Waals surface area (Å²) in [6, 6.07) is 8.13. The van der Waals surface area contributed by atoms with Gasteiger partial charge in [0.25, 0.3) is 0 Å². The van der Waals surface area contributed by atoms with Crippen LogP contribution in [0.4, 0.5) is 9.59 Å². The summed E-state index contributed by atoms with van der Waals surface area (Å²) in [6.07, 6.45) is -0.825. The third kappa shape index (κ3) is 5.00. The Morgan fingerprint density at radius 3 is 2.20 bits per heavy atom. The number of piperidine rings is 1. The van der Waals surface area contributed by atoms with Gasteiger partial charge >= 0.3 is 18.2 Å². The minimum absolute atomic E-state index is 0.0431. The lowest BCUT2D eigenvalue weighted by atomic mass is 9.94. The lowest BCUT2D eigenvalue weighted by Gasteiger charge is -2.41. The summed E-state index contributed by atoms with van der Waals surface area (Å²) in [4.78, 5) is 51.7. The number of benzene rings is 1. The highest BCUT2D eigenvalue weighted by atomic mass is 16.6. The van der Waals surface area contributed by atoms with Crippen molar-refractivity contribution in [2.75, 3.05) is 32.7 Å². The van der Waals surface area contributed by atoms with Crippen molar-refractivity contribution < 1.29 is 34.1 Å². The second-order valence-electron chi connectivity index (χ2n) is 7.42. The summed E-state index contributed by atoms with van der Waals surface area (Å²) in [5.41, 5.74) is 0.885. The number of carbonyl (C=O) groups is 4. The second-order valence-corrected chi connectivity index (χ2v) is 7.42. The Hall–Kier alpha value is -3.30. The molecule has 1 aromatic carbocycles. The van der Waals surface area contributed by atoms with Gasteiger partial charge in [-0.2, -0.15) is 0 Å². The van der Waals surface area contributed by atoms with E-state index < -0.39 is 30.1 Å². The molecule has 2 heterocycles. The molecule has 0 aromatic heterocycles. The molecule has 0 radical (unpaired) electrons. The first kappa shape index (κ1) is 21.4. The van der Waals surface area contributed by atoms with Crippen LogP contribution in [0.3, 0.4) is 0 Å². The number of likely N-dealkylation sites (tertiary alicyclic amines) is 1. The van der Waals surface area contributed by atoms with Crippen LogP contribution in [0.1, 0.15) is 18.4 Å². The molecule has 2 fully saturated rings. The van der Waals surface area contributed by atoms with Gasteiger partial charge in [0.15, 0.2) is 0 Å². The number of ether oxygens (including phenoxy) is 1. The molecule has 1 unspecified atom stereocenters. The van der Waals surface area contributed by atoms with Gasteiger partial charge in [-0.1, -0.05) is 30.3 Å². The van der Waals surface area contributed by atoms with E-state index in [1.165, 1.54) is 4.90 Å². The second kappa shape index (κ2) is 9.47. The van der Waals surface area contributed by atoms with Crippen molar-refractivity contribution in [3.63, 3.8) is 0 Å². The maximum absolute atomic E-state index is 12.9. The molecule has 162 valence electrons. The molecule has 2 aliphatic heterocycles. The summed E-state index contributed by atoms with van der Waals surface area (Å²) in [6.45, 7) is 0.735. The predicted octanol–water partition coefficient (Wildman–Crippen LogP) is 1.31. The average Bonchev–Trinajstić information content (AvgIpc) is 2.77. The van der Waals surface area contributed by atoms with Gasteiger partial charge in [-0.3, -0.25) is 4.79 Å². The molecule has 10 nitrogen and oxygen atoms in total. The van der Waals surface area contributed by atoms with Crippen LogP contribution in [0.2, 0.25) is 0 Å². The van der Waals surface area contributed by atoms with Crippen LogP contribution in [0.25, 0.3) is 0 Å². The minimum atomic E-state index is -1.23. The number of nitrogens with zero attached hydrogens (tertiary/aromatic N) is 3. The molecule has 2 N–H and O–H groups in total. The summed E-state index contributed by atoms with van der Waals surface area (Å²) >= 11 is 0. The summed E-state index contributed by atoms with van der Waals surface area (Å²) in [5, 5.41) is 18.5. The zero-order chi connectivity index (χ0) is 21.7. The Morgan fingerprint density at radius 2 is 1.60 bits per heavy atom. The fraction of sp³-hybridized carbons (Fsp3) is 0.500. The van der Waals surface area contributed by atoms with E-state index >= 15 is 0 Å². The number of carboxylic acid groups (broad SMARTS) is 2. The van der Waals surface area contributed by atoms with Gasteiger partial charge < -0.3 is 29.6 Å². The molecule has 3 rings (SSSR count). The van der Waals surface area contributed by atoms with Gasteiger partial charge in [0.1, 0.15) is 12.6 Å². The van der Waals surface area contributed by atoms with Gasteiger partial charge in [-0.15, -0.1) is 0 Å². The van der Waals surface area contributed by atoms with E-state index in [1.807, 2.05) is 30.3 Å². The topological polar surface area (TPSA) is 128 Å². The Labute approximate surface area is 173 Å². The number of hydrogen-bond acceptors (Lipinski definition) is 5. The third-order valence-electron chi connectivity index (χ3n) is 5.53. The number of aliphatic carboxylic acids is 1. The van der Waals surface area contributed by atoms with Crippen molar-refractivity contribution in [2.45, 2.75) is 25.5 Å². The van der Waals surface area contributed by atoms with E-state index in [0.29, 0.717) is 25.9 Å². The largest absolute Gasteiger partial charge is 0.480 e. The number of hydrogen-bond donors (Lipinski definition) is 2. The molecule has 10 heteroatoms. The Kier molecular flexibility index (Phi) is 6.76. The first-order valence-corrected chi connectivity index (χ1v) is 9.83. The van der Waals surface area contributed by atoms with E-state index in [4.69, 9.17) is 9.84 Å². The van der Waals surface area contributed by atoms with Gasteiger partial charge in [0, 0.05) is 32.1 Å². The highest BCUT2D eigenvalue weighted by Gasteiger charge is 2.40. The van der Waals surface area contributed by atoms with Crippen LogP contribution in [0.5, 0.6) is 0 Å². The van der Waals surface area contributed by atoms with Gasteiger partial charge in [0.2, 0.25) is 5.91 Å². The highest BCUT2D eigenvalue weighted by molar-refractivity contribution is 5.86. The van der Waals surface area contributed by atoms with Crippen molar-refractivity contribution in [1.29, 1.82) is 0 Å². The third-order valence-corrected chi connectivity index (χ3v) is 5.53. The van der Waals surface area contributed by atoms with Crippen molar-refractivity contribution in [3.8, 4) is 0 Å². The fourth-order valence-corrected chi connectivity index (χ4v) is 3.79. The standard InChI is InChI=1S/C20H25N3O7/c24-17(23-11-10-22(19(27)28)12-16(23)18(25)26)15-6-8-21(9-7-15)20(29)30-13-14-4-2-1-3-5-14/h1-5,15-16H,6-13H2,(H,25,26)(H,27,28). The first-order chi connectivity index (χ1) is 14.4. The Balaban J connectivity index is 1.51. The van der Waals surface area contributed by atoms with Crippen LogP contribution >= 0.6 is 0 Å². The van der Waals surface area contributed by atoms with Crippen molar-refractivity contribution in [3.05, 3.63) is 35.9 Å². The van der Waals surface area contributed by atoms with Crippen molar-refractivity contribution >= 4 is 24.1 Å². The maximum Gasteiger partial charge on any atom is 0.410 e.